The second kappa shape index (κ2) is 8.76. The van der Waals surface area contributed by atoms with Gasteiger partial charge in [0.2, 0.25) is 12.7 Å². The number of aryl methyl sites for hydroxylation is 1. The lowest BCUT2D eigenvalue weighted by molar-refractivity contribution is -0.121. The number of rotatable bonds is 6. The summed E-state index contributed by atoms with van der Waals surface area (Å²) in [5.74, 6) is 2.35. The van der Waals surface area contributed by atoms with Crippen molar-refractivity contribution >= 4 is 11.6 Å². The van der Waals surface area contributed by atoms with Crippen molar-refractivity contribution in [3.63, 3.8) is 0 Å². The number of hydrogen-bond acceptors (Lipinski definition) is 4. The molecule has 1 N–H and O–H groups in total. The molecule has 0 aromatic heterocycles. The third-order valence-corrected chi connectivity index (χ3v) is 5.87. The van der Waals surface area contributed by atoms with Crippen molar-refractivity contribution in [3.8, 4) is 11.5 Å². The monoisotopic (exact) mass is 394 g/mol. The molecule has 1 fully saturated rings. The summed E-state index contributed by atoms with van der Waals surface area (Å²) in [6.07, 6.45) is 3.72. The molecule has 2 heterocycles. The lowest BCUT2D eigenvalue weighted by Gasteiger charge is -2.33. The Morgan fingerprint density at radius 2 is 1.97 bits per heavy atom. The highest BCUT2D eigenvalue weighted by molar-refractivity contribution is 5.76. The Labute approximate surface area is 173 Å². The van der Waals surface area contributed by atoms with Gasteiger partial charge in [-0.05, 0) is 67.5 Å². The zero-order valence-electron chi connectivity index (χ0n) is 17.3. The number of nitrogens with one attached hydrogen (secondary N) is 1. The maximum Gasteiger partial charge on any atom is 0.231 e. The molecule has 5 heteroatoms. The summed E-state index contributed by atoms with van der Waals surface area (Å²) >= 11 is 0. The molecule has 0 saturated carbocycles. The van der Waals surface area contributed by atoms with Crippen LogP contribution in [0.15, 0.2) is 42.5 Å². The van der Waals surface area contributed by atoms with Crippen molar-refractivity contribution in [2.45, 2.75) is 45.6 Å². The van der Waals surface area contributed by atoms with Gasteiger partial charge >= 0.3 is 0 Å². The minimum absolute atomic E-state index is 0.00594. The van der Waals surface area contributed by atoms with Crippen LogP contribution in [0.4, 0.5) is 5.69 Å². The number of anilines is 1. The van der Waals surface area contributed by atoms with Gasteiger partial charge in [-0.2, -0.15) is 0 Å². The lowest BCUT2D eigenvalue weighted by Crippen LogP contribution is -2.34. The van der Waals surface area contributed by atoms with Crippen molar-refractivity contribution in [1.29, 1.82) is 0 Å². The van der Waals surface area contributed by atoms with Gasteiger partial charge in [0, 0.05) is 25.2 Å². The van der Waals surface area contributed by atoms with E-state index in [1.807, 2.05) is 25.1 Å². The van der Waals surface area contributed by atoms with Gasteiger partial charge in [-0.15, -0.1) is 0 Å². The van der Waals surface area contributed by atoms with Crippen LogP contribution in [0.3, 0.4) is 0 Å². The molecular formula is C24H30N2O3. The van der Waals surface area contributed by atoms with E-state index < -0.39 is 0 Å². The van der Waals surface area contributed by atoms with Crippen LogP contribution >= 0.6 is 0 Å². The van der Waals surface area contributed by atoms with E-state index in [0.29, 0.717) is 12.8 Å². The van der Waals surface area contributed by atoms with E-state index in [-0.39, 0.29) is 18.7 Å². The normalized spacial score (nSPS) is 19.1. The second-order valence-electron chi connectivity index (χ2n) is 8.26. The standard InChI is InChI=1S/C24H30N2O3/c1-17-4-3-13-26(15-17)21-9-7-20(8-10-21)18(2)25-24(27)12-6-19-5-11-22-23(14-19)29-16-28-22/h5,7-11,14,17-18H,3-4,6,12-13,15-16H2,1-2H3,(H,25,27). The third kappa shape index (κ3) is 4.84. The fraction of sp³-hybridized carbons (Fsp3) is 0.458. The highest BCUT2D eigenvalue weighted by Crippen LogP contribution is 2.32. The summed E-state index contributed by atoms with van der Waals surface area (Å²) in [5, 5.41) is 3.12. The molecule has 1 amide bonds. The Morgan fingerprint density at radius 3 is 2.76 bits per heavy atom. The zero-order valence-corrected chi connectivity index (χ0v) is 17.3. The van der Waals surface area contributed by atoms with Crippen LogP contribution in [0.5, 0.6) is 11.5 Å². The maximum atomic E-state index is 12.4. The number of nitrogens with zero attached hydrogens (tertiary/aromatic N) is 1. The number of benzene rings is 2. The first kappa shape index (κ1) is 19.6. The summed E-state index contributed by atoms with van der Waals surface area (Å²) in [5.41, 5.74) is 3.49. The molecule has 0 bridgehead atoms. The van der Waals surface area contributed by atoms with Crippen LogP contribution in [-0.2, 0) is 11.2 Å². The molecular weight excluding hydrogens is 364 g/mol. The van der Waals surface area contributed by atoms with E-state index in [4.69, 9.17) is 9.47 Å². The number of ether oxygens (including phenoxy) is 2. The van der Waals surface area contributed by atoms with E-state index in [0.717, 1.165) is 41.6 Å². The Bertz CT molecular complexity index is 850. The van der Waals surface area contributed by atoms with E-state index in [1.54, 1.807) is 0 Å². The van der Waals surface area contributed by atoms with Crippen LogP contribution in [-0.4, -0.2) is 25.8 Å². The number of carbonyl (C=O) groups is 1. The smallest absolute Gasteiger partial charge is 0.231 e. The van der Waals surface area contributed by atoms with Gasteiger partial charge in [0.05, 0.1) is 6.04 Å². The molecule has 2 unspecified atom stereocenters. The summed E-state index contributed by atoms with van der Waals surface area (Å²) in [4.78, 5) is 14.9. The lowest BCUT2D eigenvalue weighted by atomic mass is 9.99. The Kier molecular flexibility index (Phi) is 5.93. The number of hydrogen-bond donors (Lipinski definition) is 1. The quantitative estimate of drug-likeness (QED) is 0.786. The molecule has 1 saturated heterocycles. The van der Waals surface area contributed by atoms with E-state index in [1.165, 1.54) is 18.5 Å². The Hall–Kier alpha value is -2.69. The molecule has 4 rings (SSSR count). The fourth-order valence-electron chi connectivity index (χ4n) is 4.15. The molecule has 0 spiro atoms. The minimum Gasteiger partial charge on any atom is -0.454 e. The van der Waals surface area contributed by atoms with Crippen LogP contribution in [0, 0.1) is 5.92 Å². The van der Waals surface area contributed by atoms with Crippen LogP contribution in [0.25, 0.3) is 0 Å². The minimum atomic E-state index is -0.00594. The molecule has 2 atom stereocenters. The van der Waals surface area contributed by atoms with Gasteiger partial charge in [0.15, 0.2) is 11.5 Å². The molecule has 2 aromatic carbocycles. The third-order valence-electron chi connectivity index (χ3n) is 5.87. The zero-order chi connectivity index (χ0) is 20.2. The van der Waals surface area contributed by atoms with Crippen molar-refractivity contribution in [2.24, 2.45) is 5.92 Å². The Balaban J connectivity index is 1.28. The van der Waals surface area contributed by atoms with Gasteiger partial charge < -0.3 is 19.7 Å². The average Bonchev–Trinajstić information content (AvgIpc) is 3.20. The summed E-state index contributed by atoms with van der Waals surface area (Å²) in [6, 6.07) is 14.5. The number of carbonyl (C=O) groups excluding carboxylic acids is 1. The first-order chi connectivity index (χ1) is 14.1. The topological polar surface area (TPSA) is 50.8 Å². The first-order valence-corrected chi connectivity index (χ1v) is 10.6. The summed E-state index contributed by atoms with van der Waals surface area (Å²) in [6.45, 7) is 6.89. The maximum absolute atomic E-state index is 12.4. The van der Waals surface area contributed by atoms with Gasteiger partial charge in [0.1, 0.15) is 0 Å². The van der Waals surface area contributed by atoms with Crippen LogP contribution in [0.1, 0.15) is 50.3 Å². The molecule has 2 aliphatic heterocycles. The van der Waals surface area contributed by atoms with Gasteiger partial charge in [-0.25, -0.2) is 0 Å². The second-order valence-corrected chi connectivity index (χ2v) is 8.26. The predicted molar refractivity (Wildman–Crippen MR) is 114 cm³/mol. The number of piperidine rings is 1. The first-order valence-electron chi connectivity index (χ1n) is 10.6. The highest BCUT2D eigenvalue weighted by atomic mass is 16.7. The van der Waals surface area contributed by atoms with Crippen LogP contribution in [0.2, 0.25) is 0 Å². The molecule has 2 aliphatic rings. The van der Waals surface area contributed by atoms with Gasteiger partial charge in [-0.3, -0.25) is 4.79 Å². The fourth-order valence-corrected chi connectivity index (χ4v) is 4.15. The van der Waals surface area contributed by atoms with Crippen molar-refractivity contribution < 1.29 is 14.3 Å². The molecule has 5 nitrogen and oxygen atoms in total. The van der Waals surface area contributed by atoms with Crippen molar-refractivity contribution in [2.75, 3.05) is 24.8 Å². The average molecular weight is 395 g/mol. The van der Waals surface area contributed by atoms with Crippen molar-refractivity contribution in [3.05, 3.63) is 53.6 Å². The van der Waals surface area contributed by atoms with E-state index >= 15 is 0 Å². The van der Waals surface area contributed by atoms with Crippen LogP contribution < -0.4 is 19.7 Å². The number of fused-ring (bicyclic) bond motifs is 1. The summed E-state index contributed by atoms with van der Waals surface area (Å²) in [7, 11) is 0. The molecule has 154 valence electrons. The van der Waals surface area contributed by atoms with E-state index in [2.05, 4.69) is 41.4 Å². The van der Waals surface area contributed by atoms with Gasteiger partial charge in [-0.1, -0.05) is 25.1 Å². The predicted octanol–water partition coefficient (Wildman–Crippen LogP) is 4.46. The van der Waals surface area contributed by atoms with Crippen molar-refractivity contribution in [1.82, 2.24) is 5.32 Å². The highest BCUT2D eigenvalue weighted by Gasteiger charge is 2.17. The molecule has 0 radical (unpaired) electrons. The van der Waals surface area contributed by atoms with Gasteiger partial charge in [0.25, 0.3) is 0 Å². The largest absolute Gasteiger partial charge is 0.454 e. The molecule has 0 aliphatic carbocycles. The SMILES string of the molecule is CC1CCCN(c2ccc(C(C)NC(=O)CCc3ccc4c(c3)OCO4)cc2)C1. The molecule has 2 aromatic rings. The molecule has 29 heavy (non-hydrogen) atoms. The summed E-state index contributed by atoms with van der Waals surface area (Å²) < 4.78 is 10.7. The van der Waals surface area contributed by atoms with E-state index in [9.17, 15) is 4.79 Å². The Morgan fingerprint density at radius 1 is 1.17 bits per heavy atom. The number of amides is 1.